The van der Waals surface area contributed by atoms with Gasteiger partial charge in [-0.25, -0.2) is 13.2 Å². The van der Waals surface area contributed by atoms with Gasteiger partial charge in [-0.1, -0.05) is 11.6 Å². The van der Waals surface area contributed by atoms with E-state index in [0.29, 0.717) is 17.1 Å². The maximum absolute atomic E-state index is 12.9. The Morgan fingerprint density at radius 3 is 2.48 bits per heavy atom. The number of hydrogen-bond donors (Lipinski definition) is 0. The quantitative estimate of drug-likeness (QED) is 0.469. The van der Waals surface area contributed by atoms with Crippen molar-refractivity contribution in [1.29, 1.82) is 0 Å². The highest BCUT2D eigenvalue weighted by Gasteiger charge is 2.29. The summed E-state index contributed by atoms with van der Waals surface area (Å²) in [5.41, 5.74) is 0.262. The van der Waals surface area contributed by atoms with Gasteiger partial charge in [-0.05, 0) is 36.4 Å². The molecule has 11 heteroatoms. The van der Waals surface area contributed by atoms with E-state index >= 15 is 0 Å². The van der Waals surface area contributed by atoms with Crippen LogP contribution < -0.4 is 9.47 Å². The molecule has 2 heterocycles. The highest BCUT2D eigenvalue weighted by Crippen LogP contribution is 2.32. The lowest BCUT2D eigenvalue weighted by Gasteiger charge is -2.26. The molecule has 0 N–H and O–H groups in total. The fourth-order valence-corrected chi connectivity index (χ4v) is 5.03. The van der Waals surface area contributed by atoms with E-state index in [2.05, 4.69) is 0 Å². The van der Waals surface area contributed by atoms with E-state index in [1.165, 1.54) is 22.5 Å². The first-order valence-electron chi connectivity index (χ1n) is 9.34. The van der Waals surface area contributed by atoms with Crippen molar-refractivity contribution in [3.8, 4) is 11.5 Å². The Morgan fingerprint density at radius 1 is 1.00 bits per heavy atom. The van der Waals surface area contributed by atoms with Crippen LogP contribution in [0.25, 0.3) is 0 Å². The molecule has 1 saturated heterocycles. The minimum Gasteiger partial charge on any atom is -0.454 e. The van der Waals surface area contributed by atoms with Gasteiger partial charge in [0.05, 0.1) is 23.8 Å². The number of ether oxygens (including phenoxy) is 4. The molecule has 31 heavy (non-hydrogen) atoms. The van der Waals surface area contributed by atoms with Gasteiger partial charge in [-0.15, -0.1) is 0 Å². The number of ketones is 1. The molecule has 0 saturated carbocycles. The Bertz CT molecular complexity index is 1130. The largest absolute Gasteiger partial charge is 0.454 e. The Balaban J connectivity index is 1.46. The number of Topliss-reactive ketones (excluding diaryl/α,β-unsaturated/α-hetero) is 1. The molecule has 0 radical (unpaired) electrons. The van der Waals surface area contributed by atoms with Gasteiger partial charge < -0.3 is 18.9 Å². The van der Waals surface area contributed by atoms with Crippen molar-refractivity contribution in [2.45, 2.75) is 4.90 Å². The van der Waals surface area contributed by atoms with Gasteiger partial charge in [0.25, 0.3) is 0 Å². The van der Waals surface area contributed by atoms with Crippen molar-refractivity contribution in [3.63, 3.8) is 0 Å². The van der Waals surface area contributed by atoms with Gasteiger partial charge in [0, 0.05) is 18.7 Å². The van der Waals surface area contributed by atoms with Gasteiger partial charge in [-0.2, -0.15) is 4.31 Å². The monoisotopic (exact) mass is 467 g/mol. The van der Waals surface area contributed by atoms with Crippen LogP contribution >= 0.6 is 11.6 Å². The van der Waals surface area contributed by atoms with Crippen molar-refractivity contribution in [2.24, 2.45) is 0 Å². The molecule has 0 atom stereocenters. The van der Waals surface area contributed by atoms with Crippen LogP contribution in [-0.2, 0) is 19.5 Å². The summed E-state index contributed by atoms with van der Waals surface area (Å²) in [6.07, 6.45) is 0. The Morgan fingerprint density at radius 2 is 1.71 bits per heavy atom. The van der Waals surface area contributed by atoms with Gasteiger partial charge >= 0.3 is 5.97 Å². The van der Waals surface area contributed by atoms with Crippen molar-refractivity contribution >= 4 is 33.4 Å². The molecule has 0 unspecified atom stereocenters. The molecule has 0 bridgehead atoms. The third-order valence-electron chi connectivity index (χ3n) is 4.78. The third-order valence-corrected chi connectivity index (χ3v) is 7.16. The van der Waals surface area contributed by atoms with Gasteiger partial charge in [0.2, 0.25) is 16.8 Å². The van der Waals surface area contributed by atoms with Crippen LogP contribution in [-0.4, -0.2) is 64.2 Å². The van der Waals surface area contributed by atoms with E-state index in [4.69, 9.17) is 30.5 Å². The second-order valence-electron chi connectivity index (χ2n) is 6.73. The number of rotatable bonds is 6. The summed E-state index contributed by atoms with van der Waals surface area (Å²) in [5.74, 6) is -0.317. The standard InChI is InChI=1S/C20H18ClNO8S/c21-15-3-1-14(10-19(15)31(25,26)22-5-7-27-8-6-22)20(24)28-11-16(23)13-2-4-17-18(9-13)30-12-29-17/h1-4,9-10H,5-8,11-12H2. The van der Waals surface area contributed by atoms with E-state index in [9.17, 15) is 18.0 Å². The number of carbonyl (C=O) groups is 2. The topological polar surface area (TPSA) is 108 Å². The van der Waals surface area contributed by atoms with Crippen LogP contribution in [0.5, 0.6) is 11.5 Å². The molecule has 9 nitrogen and oxygen atoms in total. The molecule has 0 spiro atoms. The zero-order valence-corrected chi connectivity index (χ0v) is 17.8. The fourth-order valence-electron chi connectivity index (χ4n) is 3.12. The lowest BCUT2D eigenvalue weighted by Crippen LogP contribution is -2.40. The maximum Gasteiger partial charge on any atom is 0.338 e. The average Bonchev–Trinajstić information content (AvgIpc) is 3.26. The molecule has 2 aromatic rings. The molecule has 164 valence electrons. The number of esters is 1. The van der Waals surface area contributed by atoms with E-state index in [1.807, 2.05) is 0 Å². The van der Waals surface area contributed by atoms with Crippen LogP contribution in [0.3, 0.4) is 0 Å². The molecule has 4 rings (SSSR count). The lowest BCUT2D eigenvalue weighted by atomic mass is 10.1. The summed E-state index contributed by atoms with van der Waals surface area (Å²) in [4.78, 5) is 24.6. The summed E-state index contributed by atoms with van der Waals surface area (Å²) in [7, 11) is -3.91. The number of fused-ring (bicyclic) bond motifs is 1. The molecule has 1 fully saturated rings. The van der Waals surface area contributed by atoms with Gasteiger partial charge in [0.15, 0.2) is 23.9 Å². The summed E-state index contributed by atoms with van der Waals surface area (Å²) in [5, 5.41) is -0.0144. The molecule has 2 aliphatic heterocycles. The van der Waals surface area contributed by atoms with Crippen molar-refractivity contribution in [3.05, 3.63) is 52.5 Å². The third kappa shape index (κ3) is 4.52. The molecular weight excluding hydrogens is 450 g/mol. The second kappa shape index (κ2) is 8.83. The summed E-state index contributed by atoms with van der Waals surface area (Å²) >= 11 is 6.09. The smallest absolute Gasteiger partial charge is 0.338 e. The van der Waals surface area contributed by atoms with Crippen LogP contribution in [0.4, 0.5) is 0 Å². The zero-order valence-electron chi connectivity index (χ0n) is 16.2. The number of carbonyl (C=O) groups excluding carboxylic acids is 2. The van der Waals surface area contributed by atoms with E-state index in [1.54, 1.807) is 12.1 Å². The molecule has 0 amide bonds. The Kier molecular flexibility index (Phi) is 6.15. The second-order valence-corrected chi connectivity index (χ2v) is 9.04. The average molecular weight is 468 g/mol. The number of halogens is 1. The summed E-state index contributed by atoms with van der Waals surface area (Å²) < 4.78 is 47.7. The first-order chi connectivity index (χ1) is 14.9. The molecular formula is C20H18ClNO8S. The molecule has 2 aliphatic rings. The predicted octanol–water partition coefficient (Wildman–Crippen LogP) is 2.13. The van der Waals surface area contributed by atoms with E-state index in [0.717, 1.165) is 6.07 Å². The highest BCUT2D eigenvalue weighted by atomic mass is 35.5. The number of nitrogens with zero attached hydrogens (tertiary/aromatic N) is 1. The highest BCUT2D eigenvalue weighted by molar-refractivity contribution is 7.89. The van der Waals surface area contributed by atoms with E-state index in [-0.39, 0.29) is 48.6 Å². The predicted molar refractivity (Wildman–Crippen MR) is 108 cm³/mol. The number of hydrogen-bond acceptors (Lipinski definition) is 8. The van der Waals surface area contributed by atoms with Crippen LogP contribution in [0.1, 0.15) is 20.7 Å². The number of morpholine rings is 1. The number of sulfonamides is 1. The maximum atomic E-state index is 12.9. The summed E-state index contributed by atoms with van der Waals surface area (Å²) in [6, 6.07) is 8.45. The SMILES string of the molecule is O=C(COC(=O)c1ccc(Cl)c(S(=O)(=O)N2CCOCC2)c1)c1ccc2c(c1)OCO2. The number of benzene rings is 2. The first-order valence-corrected chi connectivity index (χ1v) is 11.2. The fraction of sp³-hybridized carbons (Fsp3) is 0.300. The Hall–Kier alpha value is -2.66. The molecule has 0 aromatic heterocycles. The zero-order chi connectivity index (χ0) is 22.0. The van der Waals surface area contributed by atoms with Crippen molar-refractivity contribution in [1.82, 2.24) is 4.31 Å². The summed E-state index contributed by atoms with van der Waals surface area (Å²) in [6.45, 7) is 0.497. The minimum atomic E-state index is -3.91. The van der Waals surface area contributed by atoms with Crippen molar-refractivity contribution in [2.75, 3.05) is 39.7 Å². The van der Waals surface area contributed by atoms with Crippen LogP contribution in [0, 0.1) is 0 Å². The first kappa shape index (κ1) is 21.6. The van der Waals surface area contributed by atoms with Gasteiger partial charge in [0.1, 0.15) is 4.90 Å². The molecule has 2 aromatic carbocycles. The van der Waals surface area contributed by atoms with E-state index < -0.39 is 28.4 Å². The lowest BCUT2D eigenvalue weighted by molar-refractivity contribution is 0.0474. The van der Waals surface area contributed by atoms with Crippen molar-refractivity contribution < 1.29 is 37.0 Å². The van der Waals surface area contributed by atoms with Crippen LogP contribution in [0.2, 0.25) is 5.02 Å². The van der Waals surface area contributed by atoms with Gasteiger partial charge in [-0.3, -0.25) is 4.79 Å². The normalized spacial score (nSPS) is 16.2. The Labute approximate surface area is 183 Å². The van der Waals surface area contributed by atoms with Crippen LogP contribution in [0.15, 0.2) is 41.3 Å². The molecule has 0 aliphatic carbocycles. The minimum absolute atomic E-state index is 0.0144.